The molecule has 0 spiro atoms. The number of nitrogens with zero attached hydrogens (tertiary/aromatic N) is 1. The summed E-state index contributed by atoms with van der Waals surface area (Å²) in [5.41, 5.74) is 1.96. The van der Waals surface area contributed by atoms with Crippen LogP contribution in [0.25, 0.3) is 0 Å². The Morgan fingerprint density at radius 2 is 1.95 bits per heavy atom. The van der Waals surface area contributed by atoms with Crippen LogP contribution in [0.5, 0.6) is 11.5 Å². The molecule has 0 saturated heterocycles. The van der Waals surface area contributed by atoms with Gasteiger partial charge in [0.2, 0.25) is 0 Å². The van der Waals surface area contributed by atoms with Crippen LogP contribution in [0.1, 0.15) is 12.5 Å². The van der Waals surface area contributed by atoms with Gasteiger partial charge in [-0.15, -0.1) is 0 Å². The molecule has 0 unspecified atom stereocenters. The van der Waals surface area contributed by atoms with Gasteiger partial charge in [-0.25, -0.2) is 0 Å². The molecular formula is C16H19N3O2S. The maximum Gasteiger partial charge on any atom is 0.171 e. The molecule has 0 aliphatic rings. The number of methoxy groups -OCH3 is 1. The van der Waals surface area contributed by atoms with Crippen molar-refractivity contribution in [3.05, 3.63) is 48.3 Å². The Morgan fingerprint density at radius 3 is 2.64 bits per heavy atom. The third-order valence-electron chi connectivity index (χ3n) is 2.92. The second-order valence-corrected chi connectivity index (χ2v) is 4.87. The quantitative estimate of drug-likeness (QED) is 0.799. The Hall–Kier alpha value is -2.34. The maximum atomic E-state index is 5.56. The van der Waals surface area contributed by atoms with Gasteiger partial charge in [0, 0.05) is 24.6 Å². The third kappa shape index (κ3) is 4.60. The SMILES string of the molecule is CCOc1cc(CNC(=S)Nc2ccncc2)ccc1OC. The van der Waals surface area contributed by atoms with Crippen molar-refractivity contribution in [1.29, 1.82) is 0 Å². The van der Waals surface area contributed by atoms with Gasteiger partial charge in [0.15, 0.2) is 16.6 Å². The summed E-state index contributed by atoms with van der Waals surface area (Å²) >= 11 is 5.27. The average molecular weight is 317 g/mol. The Morgan fingerprint density at radius 1 is 1.18 bits per heavy atom. The number of nitrogens with one attached hydrogen (secondary N) is 2. The molecule has 6 heteroatoms. The molecule has 116 valence electrons. The highest BCUT2D eigenvalue weighted by Gasteiger charge is 2.06. The van der Waals surface area contributed by atoms with Gasteiger partial charge >= 0.3 is 0 Å². The maximum absolute atomic E-state index is 5.56. The standard InChI is InChI=1S/C16H19N3O2S/c1-3-21-15-10-12(4-5-14(15)20-2)11-18-16(22)19-13-6-8-17-9-7-13/h4-10H,3,11H2,1-2H3,(H2,17,18,19,22). The summed E-state index contributed by atoms with van der Waals surface area (Å²) in [4.78, 5) is 3.96. The number of hydrogen-bond donors (Lipinski definition) is 2. The molecule has 0 aliphatic carbocycles. The van der Waals surface area contributed by atoms with Gasteiger partial charge in [-0.1, -0.05) is 6.07 Å². The smallest absolute Gasteiger partial charge is 0.171 e. The molecule has 5 nitrogen and oxygen atoms in total. The van der Waals surface area contributed by atoms with E-state index in [1.54, 1.807) is 19.5 Å². The molecule has 1 aromatic heterocycles. The Bertz CT molecular complexity index is 620. The molecule has 22 heavy (non-hydrogen) atoms. The van der Waals surface area contributed by atoms with Crippen molar-refractivity contribution < 1.29 is 9.47 Å². The lowest BCUT2D eigenvalue weighted by atomic mass is 10.2. The van der Waals surface area contributed by atoms with Crippen LogP contribution in [0.2, 0.25) is 0 Å². The summed E-state index contributed by atoms with van der Waals surface area (Å²) in [7, 11) is 1.63. The molecule has 0 aliphatic heterocycles. The van der Waals surface area contributed by atoms with Gasteiger partial charge < -0.3 is 20.1 Å². The Balaban J connectivity index is 1.93. The highest BCUT2D eigenvalue weighted by molar-refractivity contribution is 7.80. The summed E-state index contributed by atoms with van der Waals surface area (Å²) < 4.78 is 10.8. The van der Waals surface area contributed by atoms with Crippen LogP contribution in [0.15, 0.2) is 42.7 Å². The summed E-state index contributed by atoms with van der Waals surface area (Å²) in [6.45, 7) is 3.13. The van der Waals surface area contributed by atoms with Crippen LogP contribution in [-0.4, -0.2) is 23.8 Å². The molecule has 1 heterocycles. The molecule has 2 N–H and O–H groups in total. The van der Waals surface area contributed by atoms with E-state index in [0.717, 1.165) is 22.7 Å². The zero-order chi connectivity index (χ0) is 15.8. The first-order chi connectivity index (χ1) is 10.7. The lowest BCUT2D eigenvalue weighted by Crippen LogP contribution is -2.27. The number of benzene rings is 1. The highest BCUT2D eigenvalue weighted by Crippen LogP contribution is 2.27. The van der Waals surface area contributed by atoms with Gasteiger partial charge in [0.05, 0.1) is 13.7 Å². The van der Waals surface area contributed by atoms with Crippen molar-refractivity contribution in [3.8, 4) is 11.5 Å². The molecule has 0 bridgehead atoms. The molecule has 0 amide bonds. The van der Waals surface area contributed by atoms with Crippen molar-refractivity contribution in [2.24, 2.45) is 0 Å². The van der Waals surface area contributed by atoms with E-state index >= 15 is 0 Å². The molecule has 2 aromatic rings. The lowest BCUT2D eigenvalue weighted by Gasteiger charge is -2.13. The van der Waals surface area contributed by atoms with E-state index in [-0.39, 0.29) is 0 Å². The minimum atomic E-state index is 0.556. The fourth-order valence-corrected chi connectivity index (χ4v) is 2.08. The first-order valence-corrected chi connectivity index (χ1v) is 7.38. The summed E-state index contributed by atoms with van der Waals surface area (Å²) in [5, 5.41) is 6.81. The highest BCUT2D eigenvalue weighted by atomic mass is 32.1. The van der Waals surface area contributed by atoms with Gasteiger partial charge in [-0.05, 0) is 49.0 Å². The fourth-order valence-electron chi connectivity index (χ4n) is 1.89. The Kier molecular flexibility index (Phi) is 5.97. The first-order valence-electron chi connectivity index (χ1n) is 6.97. The van der Waals surface area contributed by atoms with Crippen molar-refractivity contribution >= 4 is 23.0 Å². The van der Waals surface area contributed by atoms with Crippen LogP contribution in [0.4, 0.5) is 5.69 Å². The summed E-state index contributed by atoms with van der Waals surface area (Å²) in [6.07, 6.45) is 3.42. The van der Waals surface area contributed by atoms with Crippen LogP contribution in [-0.2, 0) is 6.54 Å². The van der Waals surface area contributed by atoms with Crippen molar-refractivity contribution in [2.45, 2.75) is 13.5 Å². The van der Waals surface area contributed by atoms with Crippen LogP contribution < -0.4 is 20.1 Å². The summed E-state index contributed by atoms with van der Waals surface area (Å²) in [5.74, 6) is 1.46. The van der Waals surface area contributed by atoms with E-state index in [1.807, 2.05) is 37.3 Å². The molecule has 0 saturated carbocycles. The normalized spacial score (nSPS) is 9.91. The Labute approximate surface area is 135 Å². The molecule has 1 aromatic carbocycles. The zero-order valence-corrected chi connectivity index (χ0v) is 13.4. The van der Waals surface area contributed by atoms with E-state index in [4.69, 9.17) is 21.7 Å². The minimum absolute atomic E-state index is 0.556. The van der Waals surface area contributed by atoms with E-state index < -0.39 is 0 Å². The first kappa shape index (κ1) is 16.0. The monoisotopic (exact) mass is 317 g/mol. The van der Waals surface area contributed by atoms with Gasteiger partial charge in [-0.3, -0.25) is 4.98 Å². The fraction of sp³-hybridized carbons (Fsp3) is 0.250. The van der Waals surface area contributed by atoms with E-state index in [1.165, 1.54) is 0 Å². The van der Waals surface area contributed by atoms with Gasteiger partial charge in [0.1, 0.15) is 0 Å². The number of ether oxygens (including phenoxy) is 2. The molecule has 0 fully saturated rings. The van der Waals surface area contributed by atoms with Crippen LogP contribution in [0, 0.1) is 0 Å². The number of thiocarbonyl (C=S) groups is 1. The van der Waals surface area contributed by atoms with E-state index in [9.17, 15) is 0 Å². The third-order valence-corrected chi connectivity index (χ3v) is 3.17. The van der Waals surface area contributed by atoms with Crippen molar-refractivity contribution in [2.75, 3.05) is 19.0 Å². The van der Waals surface area contributed by atoms with E-state index in [2.05, 4.69) is 15.6 Å². The summed E-state index contributed by atoms with van der Waals surface area (Å²) in [6, 6.07) is 9.53. The number of aromatic nitrogens is 1. The number of hydrogen-bond acceptors (Lipinski definition) is 4. The molecular weight excluding hydrogens is 298 g/mol. The van der Waals surface area contributed by atoms with Gasteiger partial charge in [-0.2, -0.15) is 0 Å². The van der Waals surface area contributed by atoms with E-state index in [0.29, 0.717) is 18.3 Å². The molecule has 0 radical (unpaired) electrons. The van der Waals surface area contributed by atoms with Crippen molar-refractivity contribution in [3.63, 3.8) is 0 Å². The topological polar surface area (TPSA) is 55.4 Å². The predicted octanol–water partition coefficient (Wildman–Crippen LogP) is 2.98. The second-order valence-electron chi connectivity index (χ2n) is 4.46. The second kappa shape index (κ2) is 8.19. The zero-order valence-electron chi connectivity index (χ0n) is 12.6. The van der Waals surface area contributed by atoms with Crippen molar-refractivity contribution in [1.82, 2.24) is 10.3 Å². The van der Waals surface area contributed by atoms with Gasteiger partial charge in [0.25, 0.3) is 0 Å². The lowest BCUT2D eigenvalue weighted by molar-refractivity contribution is 0.310. The largest absolute Gasteiger partial charge is 0.493 e. The number of anilines is 1. The minimum Gasteiger partial charge on any atom is -0.493 e. The van der Waals surface area contributed by atoms with Crippen LogP contribution >= 0.6 is 12.2 Å². The average Bonchev–Trinajstić information content (AvgIpc) is 2.54. The predicted molar refractivity (Wildman–Crippen MR) is 91.5 cm³/mol. The number of pyridine rings is 1. The number of rotatable bonds is 6. The van der Waals surface area contributed by atoms with Crippen LogP contribution in [0.3, 0.4) is 0 Å². The molecule has 2 rings (SSSR count). The molecule has 0 atom stereocenters.